The number of fused-ring (bicyclic) bond motifs is 4. The largest absolute Gasteiger partial charge is 0.481 e. The SMILES string of the molecule is C[C@H](CC(=O)C[C@H](C)C(=O)O)[C@H]1C[C@@H](O)[C@@]2(C)C3=C(C(=O)C[C@]12C)[C@@]1(C)CC[C@@H](O)C(C)(C)[C@@H]1CC3=O. The molecule has 9 atom stereocenters. The second-order valence-electron chi connectivity index (χ2n) is 14.0. The van der Waals surface area contributed by atoms with Crippen LogP contribution in [0.25, 0.3) is 0 Å². The second kappa shape index (κ2) is 8.84. The first-order valence-electron chi connectivity index (χ1n) is 13.8. The maximum Gasteiger partial charge on any atom is 0.306 e. The lowest BCUT2D eigenvalue weighted by molar-refractivity contribution is -0.144. The van der Waals surface area contributed by atoms with Crippen molar-refractivity contribution in [3.05, 3.63) is 11.1 Å². The van der Waals surface area contributed by atoms with Gasteiger partial charge in [-0.2, -0.15) is 0 Å². The molecule has 7 nitrogen and oxygen atoms in total. The van der Waals surface area contributed by atoms with Crippen LogP contribution in [-0.2, 0) is 19.2 Å². The van der Waals surface area contributed by atoms with E-state index in [9.17, 15) is 34.5 Å². The Morgan fingerprint density at radius 1 is 0.946 bits per heavy atom. The van der Waals surface area contributed by atoms with Crippen LogP contribution in [0.15, 0.2) is 11.1 Å². The van der Waals surface area contributed by atoms with Gasteiger partial charge < -0.3 is 15.3 Å². The molecule has 0 aliphatic heterocycles. The van der Waals surface area contributed by atoms with Gasteiger partial charge in [-0.25, -0.2) is 0 Å². The van der Waals surface area contributed by atoms with Gasteiger partial charge in [0.15, 0.2) is 11.6 Å². The molecule has 0 radical (unpaired) electrons. The van der Waals surface area contributed by atoms with Gasteiger partial charge in [0, 0.05) is 47.7 Å². The van der Waals surface area contributed by atoms with Crippen LogP contribution in [0.5, 0.6) is 0 Å². The summed E-state index contributed by atoms with van der Waals surface area (Å²) in [6.07, 6.45) is 0.787. The van der Waals surface area contributed by atoms with E-state index in [1.165, 1.54) is 6.92 Å². The number of carboxylic acids is 1. The summed E-state index contributed by atoms with van der Waals surface area (Å²) in [7, 11) is 0. The Balaban J connectivity index is 1.74. The quantitative estimate of drug-likeness (QED) is 0.484. The summed E-state index contributed by atoms with van der Waals surface area (Å²) in [4.78, 5) is 51.9. The van der Waals surface area contributed by atoms with E-state index >= 15 is 0 Å². The first-order valence-corrected chi connectivity index (χ1v) is 13.8. The number of allylic oxidation sites excluding steroid dienone is 1. The molecule has 4 aliphatic rings. The number of carbonyl (C=O) groups excluding carboxylic acids is 3. The molecule has 3 N–H and O–H groups in total. The molecule has 0 amide bonds. The normalized spacial score (nSPS) is 42.5. The summed E-state index contributed by atoms with van der Waals surface area (Å²) in [5.74, 6) is -2.54. The highest BCUT2D eigenvalue weighted by Crippen LogP contribution is 2.71. The molecule has 4 rings (SSSR count). The van der Waals surface area contributed by atoms with Crippen molar-refractivity contribution in [2.45, 2.75) is 106 Å². The topological polar surface area (TPSA) is 129 Å². The van der Waals surface area contributed by atoms with E-state index in [-0.39, 0.29) is 60.8 Å². The van der Waals surface area contributed by atoms with Crippen LogP contribution >= 0.6 is 0 Å². The fourth-order valence-electron chi connectivity index (χ4n) is 9.11. The highest BCUT2D eigenvalue weighted by molar-refractivity contribution is 6.11. The minimum absolute atomic E-state index is 0.0418. The monoisotopic (exact) mass is 516 g/mol. The lowest BCUT2D eigenvalue weighted by Gasteiger charge is -2.60. The van der Waals surface area contributed by atoms with E-state index in [0.29, 0.717) is 30.4 Å². The lowest BCUT2D eigenvalue weighted by atomic mass is 9.42. The van der Waals surface area contributed by atoms with Gasteiger partial charge in [0.1, 0.15) is 5.78 Å². The molecule has 0 unspecified atom stereocenters. The van der Waals surface area contributed by atoms with Gasteiger partial charge in [-0.05, 0) is 47.8 Å². The Morgan fingerprint density at radius 2 is 1.57 bits per heavy atom. The van der Waals surface area contributed by atoms with E-state index in [0.717, 1.165) is 0 Å². The van der Waals surface area contributed by atoms with Gasteiger partial charge in [-0.3, -0.25) is 19.2 Å². The van der Waals surface area contributed by atoms with Gasteiger partial charge in [-0.15, -0.1) is 0 Å². The maximum atomic E-state index is 14.0. The van der Waals surface area contributed by atoms with Crippen molar-refractivity contribution in [1.29, 1.82) is 0 Å². The zero-order chi connectivity index (χ0) is 27.9. The van der Waals surface area contributed by atoms with Crippen LogP contribution in [0.2, 0.25) is 0 Å². The zero-order valence-corrected chi connectivity index (χ0v) is 23.4. The van der Waals surface area contributed by atoms with E-state index < -0.39 is 45.8 Å². The van der Waals surface area contributed by atoms with E-state index in [1.807, 2.05) is 34.6 Å². The number of carboxylic acid groups (broad SMARTS) is 1. The van der Waals surface area contributed by atoms with Crippen LogP contribution in [0.1, 0.15) is 93.4 Å². The molecule has 4 aliphatic carbocycles. The van der Waals surface area contributed by atoms with Crippen molar-refractivity contribution in [3.63, 3.8) is 0 Å². The average molecular weight is 517 g/mol. The van der Waals surface area contributed by atoms with E-state index in [2.05, 4.69) is 6.92 Å². The summed E-state index contributed by atoms with van der Waals surface area (Å²) in [5.41, 5.74) is -1.61. The van der Waals surface area contributed by atoms with Crippen molar-refractivity contribution >= 4 is 23.3 Å². The number of ketones is 3. The molecule has 7 heteroatoms. The molecule has 0 aromatic heterocycles. The van der Waals surface area contributed by atoms with Gasteiger partial charge in [0.2, 0.25) is 0 Å². The number of aliphatic hydroxyl groups excluding tert-OH is 2. The number of rotatable bonds is 6. The second-order valence-corrected chi connectivity index (χ2v) is 14.0. The summed E-state index contributed by atoms with van der Waals surface area (Å²) in [5, 5.41) is 31.5. The number of hydrogen-bond acceptors (Lipinski definition) is 6. The molecule has 0 heterocycles. The minimum Gasteiger partial charge on any atom is -0.481 e. The van der Waals surface area contributed by atoms with Gasteiger partial charge in [0.05, 0.1) is 18.1 Å². The molecule has 0 aromatic carbocycles. The number of aliphatic hydroxyl groups is 2. The number of hydrogen-bond donors (Lipinski definition) is 3. The smallest absolute Gasteiger partial charge is 0.306 e. The first-order chi connectivity index (χ1) is 16.9. The molecular weight excluding hydrogens is 472 g/mol. The lowest BCUT2D eigenvalue weighted by Crippen LogP contribution is -2.60. The van der Waals surface area contributed by atoms with Crippen LogP contribution in [-0.4, -0.2) is 50.8 Å². The number of aliphatic carboxylic acids is 1. The summed E-state index contributed by atoms with van der Waals surface area (Å²) in [6.45, 7) is 13.4. The molecule has 0 aromatic rings. The fourth-order valence-corrected chi connectivity index (χ4v) is 9.11. The molecule has 0 spiro atoms. The van der Waals surface area contributed by atoms with Crippen LogP contribution in [0.4, 0.5) is 0 Å². The third kappa shape index (κ3) is 3.82. The van der Waals surface area contributed by atoms with Crippen LogP contribution in [0, 0.1) is 45.3 Å². The van der Waals surface area contributed by atoms with Crippen LogP contribution < -0.4 is 0 Å². The Bertz CT molecular complexity index is 1070. The van der Waals surface area contributed by atoms with Gasteiger partial charge >= 0.3 is 5.97 Å². The summed E-state index contributed by atoms with van der Waals surface area (Å²) < 4.78 is 0. The third-order valence-electron chi connectivity index (χ3n) is 11.6. The third-order valence-corrected chi connectivity index (χ3v) is 11.6. The molecular formula is C30H44O7. The summed E-state index contributed by atoms with van der Waals surface area (Å²) >= 11 is 0. The van der Waals surface area contributed by atoms with Crippen molar-refractivity contribution in [2.75, 3.05) is 0 Å². The molecule has 37 heavy (non-hydrogen) atoms. The Labute approximate surface area is 220 Å². The maximum absolute atomic E-state index is 14.0. The number of Topliss-reactive ketones (excluding diaryl/α,β-unsaturated/α-hetero) is 3. The van der Waals surface area contributed by atoms with E-state index in [1.54, 1.807) is 0 Å². The highest BCUT2D eigenvalue weighted by Gasteiger charge is 2.70. The number of carbonyl (C=O) groups is 4. The van der Waals surface area contributed by atoms with Crippen molar-refractivity contribution < 1.29 is 34.5 Å². The molecule has 206 valence electrons. The Morgan fingerprint density at radius 3 is 2.16 bits per heavy atom. The van der Waals surface area contributed by atoms with Gasteiger partial charge in [-0.1, -0.05) is 48.5 Å². The minimum atomic E-state index is -1.00. The van der Waals surface area contributed by atoms with Crippen molar-refractivity contribution in [2.24, 2.45) is 45.3 Å². The van der Waals surface area contributed by atoms with Crippen LogP contribution in [0.3, 0.4) is 0 Å². The average Bonchev–Trinajstić information content (AvgIpc) is 2.99. The predicted molar refractivity (Wildman–Crippen MR) is 137 cm³/mol. The van der Waals surface area contributed by atoms with E-state index in [4.69, 9.17) is 0 Å². The molecule has 2 saturated carbocycles. The summed E-state index contributed by atoms with van der Waals surface area (Å²) in [6, 6.07) is 0. The zero-order valence-electron chi connectivity index (χ0n) is 23.4. The molecule has 0 saturated heterocycles. The first kappa shape index (κ1) is 28.2. The Kier molecular flexibility index (Phi) is 6.72. The fraction of sp³-hybridized carbons (Fsp3) is 0.800. The molecule has 2 fully saturated rings. The predicted octanol–water partition coefficient (Wildman–Crippen LogP) is 4.13. The molecule has 0 bridgehead atoms. The van der Waals surface area contributed by atoms with Crippen molar-refractivity contribution in [3.8, 4) is 0 Å². The van der Waals surface area contributed by atoms with Gasteiger partial charge in [0.25, 0.3) is 0 Å². The standard InChI is InChI=1S/C30H44O7/c1-15(10-17(31)11-16(2)26(36)37)18-12-23(35)30(7)25-19(32)13-21-27(3,4)22(34)8-9-28(21,5)24(25)20(33)14-29(18,30)6/h15-16,18,21-23,34-35H,8-14H2,1-7H3,(H,36,37)/t15-,16+,18-,21+,22-,23-,28+,29-,30+/m1/s1. The highest BCUT2D eigenvalue weighted by atomic mass is 16.4. The Hall–Kier alpha value is -1.86. The van der Waals surface area contributed by atoms with Crippen molar-refractivity contribution in [1.82, 2.24) is 0 Å².